The van der Waals surface area contributed by atoms with E-state index in [1.165, 1.54) is 12.1 Å². The molecule has 1 aromatic carbocycles. The number of carbonyl (C=O) groups is 1. The minimum atomic E-state index is -0.666. The van der Waals surface area contributed by atoms with Gasteiger partial charge in [-0.05, 0) is 36.4 Å². The van der Waals surface area contributed by atoms with Gasteiger partial charge in [0.05, 0.1) is 23.9 Å². The van der Waals surface area contributed by atoms with Crippen LogP contribution < -0.4 is 0 Å². The first-order valence-electron chi connectivity index (χ1n) is 10.9. The molecule has 3 aromatic rings. The van der Waals surface area contributed by atoms with Crippen molar-refractivity contribution in [3.63, 3.8) is 0 Å². The summed E-state index contributed by atoms with van der Waals surface area (Å²) in [5.74, 6) is 0.218. The number of hydrogen-bond acceptors (Lipinski definition) is 5. The van der Waals surface area contributed by atoms with Crippen molar-refractivity contribution in [1.82, 2.24) is 14.5 Å². The van der Waals surface area contributed by atoms with Crippen molar-refractivity contribution in [2.45, 2.75) is 64.2 Å². The van der Waals surface area contributed by atoms with Gasteiger partial charge in [0, 0.05) is 48.3 Å². The predicted molar refractivity (Wildman–Crippen MR) is 119 cm³/mol. The topological polar surface area (TPSA) is 77.2 Å². The van der Waals surface area contributed by atoms with Crippen LogP contribution in [0.4, 0.5) is 4.39 Å². The molecular formula is C25H28FN3O3. The number of cyclic esters (lactones) is 1. The molecule has 0 saturated carbocycles. The third kappa shape index (κ3) is 4.72. The van der Waals surface area contributed by atoms with Crippen molar-refractivity contribution in [3.05, 3.63) is 60.4 Å². The smallest absolute Gasteiger partial charge is 0.308 e. The zero-order chi connectivity index (χ0) is 22.9. The van der Waals surface area contributed by atoms with E-state index in [4.69, 9.17) is 9.72 Å². The first-order chi connectivity index (χ1) is 15.2. The van der Waals surface area contributed by atoms with Crippen LogP contribution in [-0.2, 0) is 21.5 Å². The summed E-state index contributed by atoms with van der Waals surface area (Å²) in [6.45, 7) is 6.85. The third-order valence-electron chi connectivity index (χ3n) is 5.62. The highest BCUT2D eigenvalue weighted by Gasteiger charge is 2.30. The lowest BCUT2D eigenvalue weighted by molar-refractivity contribution is -0.160. The van der Waals surface area contributed by atoms with E-state index < -0.39 is 6.10 Å². The van der Waals surface area contributed by atoms with Crippen molar-refractivity contribution < 1.29 is 19.0 Å². The summed E-state index contributed by atoms with van der Waals surface area (Å²) in [4.78, 5) is 20.9. The van der Waals surface area contributed by atoms with Gasteiger partial charge in [0.1, 0.15) is 17.7 Å². The molecule has 0 unspecified atom stereocenters. The van der Waals surface area contributed by atoms with Crippen molar-refractivity contribution >= 4 is 5.97 Å². The Bertz CT molecular complexity index is 1090. The van der Waals surface area contributed by atoms with E-state index in [9.17, 15) is 14.3 Å². The van der Waals surface area contributed by atoms with E-state index in [1.807, 2.05) is 12.1 Å². The van der Waals surface area contributed by atoms with E-state index >= 15 is 0 Å². The second kappa shape index (κ2) is 8.82. The fourth-order valence-electron chi connectivity index (χ4n) is 4.17. The lowest BCUT2D eigenvalue weighted by Crippen LogP contribution is -2.33. The van der Waals surface area contributed by atoms with Crippen LogP contribution in [0.3, 0.4) is 0 Å². The van der Waals surface area contributed by atoms with Crippen molar-refractivity contribution in [2.75, 3.05) is 0 Å². The quantitative estimate of drug-likeness (QED) is 0.595. The number of carbonyl (C=O) groups excluding carboxylic acids is 1. The van der Waals surface area contributed by atoms with Crippen LogP contribution in [0.5, 0.6) is 0 Å². The number of aromatic nitrogens is 3. The lowest BCUT2D eigenvalue weighted by atomic mass is 9.95. The van der Waals surface area contributed by atoms with Crippen LogP contribution in [0.1, 0.15) is 45.9 Å². The van der Waals surface area contributed by atoms with Gasteiger partial charge < -0.3 is 14.4 Å². The number of rotatable bonds is 5. The van der Waals surface area contributed by atoms with Gasteiger partial charge in [0.2, 0.25) is 0 Å². The average molecular weight is 438 g/mol. The Balaban J connectivity index is 1.81. The highest BCUT2D eigenvalue weighted by molar-refractivity contribution is 5.79. The maximum absolute atomic E-state index is 13.6. The summed E-state index contributed by atoms with van der Waals surface area (Å²) in [6.07, 6.45) is 3.49. The Morgan fingerprint density at radius 2 is 1.81 bits per heavy atom. The normalized spacial score (nSPS) is 19.1. The van der Waals surface area contributed by atoms with E-state index in [1.54, 1.807) is 24.5 Å². The SMILES string of the molecule is CC(C)(C)c1nc(-c2ccc(F)cc2)c(-c2ccncc2)n1CC[C@@H]1C[C@@H](O)CC(=O)O1. The molecule has 168 valence electrons. The number of hydrogen-bond donors (Lipinski definition) is 1. The highest BCUT2D eigenvalue weighted by Crippen LogP contribution is 2.37. The molecule has 0 spiro atoms. The van der Waals surface area contributed by atoms with Crippen molar-refractivity contribution in [2.24, 2.45) is 0 Å². The molecule has 1 N–H and O–H groups in total. The summed E-state index contributed by atoms with van der Waals surface area (Å²) in [5.41, 5.74) is 3.18. The molecule has 6 nitrogen and oxygen atoms in total. The number of aliphatic hydroxyl groups excluding tert-OH is 1. The molecule has 1 aliphatic heterocycles. The largest absolute Gasteiger partial charge is 0.462 e. The molecule has 4 rings (SSSR count). The molecule has 0 aliphatic carbocycles. The number of imidazole rings is 1. The Kier molecular flexibility index (Phi) is 6.11. The number of esters is 1. The van der Waals surface area contributed by atoms with Gasteiger partial charge >= 0.3 is 5.97 Å². The van der Waals surface area contributed by atoms with E-state index in [0.717, 1.165) is 28.3 Å². The fraction of sp³-hybridized carbons (Fsp3) is 0.400. The molecule has 7 heteroatoms. The third-order valence-corrected chi connectivity index (χ3v) is 5.62. The van der Waals surface area contributed by atoms with E-state index in [-0.39, 0.29) is 29.7 Å². The van der Waals surface area contributed by atoms with Crippen LogP contribution in [0, 0.1) is 5.82 Å². The monoisotopic (exact) mass is 437 g/mol. The molecular weight excluding hydrogens is 409 g/mol. The first-order valence-corrected chi connectivity index (χ1v) is 10.9. The minimum Gasteiger partial charge on any atom is -0.462 e. The summed E-state index contributed by atoms with van der Waals surface area (Å²) >= 11 is 0. The van der Waals surface area contributed by atoms with Gasteiger partial charge in [-0.3, -0.25) is 9.78 Å². The molecule has 0 bridgehead atoms. The Labute approximate surface area is 187 Å². The summed E-state index contributed by atoms with van der Waals surface area (Å²) < 4.78 is 21.2. The molecule has 2 aromatic heterocycles. The lowest BCUT2D eigenvalue weighted by Gasteiger charge is -2.27. The van der Waals surface area contributed by atoms with Crippen molar-refractivity contribution in [1.29, 1.82) is 0 Å². The minimum absolute atomic E-state index is 0.0474. The Morgan fingerprint density at radius 1 is 1.12 bits per heavy atom. The average Bonchev–Trinajstić information content (AvgIpc) is 3.13. The second-order valence-electron chi connectivity index (χ2n) is 9.27. The highest BCUT2D eigenvalue weighted by atomic mass is 19.1. The molecule has 32 heavy (non-hydrogen) atoms. The maximum Gasteiger partial charge on any atom is 0.308 e. The summed E-state index contributed by atoms with van der Waals surface area (Å²) in [6, 6.07) is 10.2. The molecule has 3 heterocycles. The maximum atomic E-state index is 13.6. The molecule has 1 aliphatic rings. The number of ether oxygens (including phenoxy) is 1. The first kappa shape index (κ1) is 22.1. The van der Waals surface area contributed by atoms with Crippen LogP contribution in [0.25, 0.3) is 22.5 Å². The number of halogens is 1. The van der Waals surface area contributed by atoms with Gasteiger partial charge in [-0.25, -0.2) is 9.37 Å². The van der Waals surface area contributed by atoms with Crippen LogP contribution in [0.15, 0.2) is 48.8 Å². The number of nitrogens with zero attached hydrogens (tertiary/aromatic N) is 3. The Hall–Kier alpha value is -3.06. The predicted octanol–water partition coefficient (Wildman–Crippen LogP) is 4.51. The van der Waals surface area contributed by atoms with Crippen molar-refractivity contribution in [3.8, 4) is 22.5 Å². The summed E-state index contributed by atoms with van der Waals surface area (Å²) in [5, 5.41) is 9.98. The molecule has 0 radical (unpaired) electrons. The van der Waals surface area contributed by atoms with Crippen LogP contribution >= 0.6 is 0 Å². The Morgan fingerprint density at radius 3 is 2.44 bits per heavy atom. The van der Waals surface area contributed by atoms with Gasteiger partial charge in [-0.2, -0.15) is 0 Å². The molecule has 1 fully saturated rings. The van der Waals surface area contributed by atoms with Gasteiger partial charge in [0.15, 0.2) is 0 Å². The molecule has 0 amide bonds. The number of pyridine rings is 1. The number of aliphatic hydroxyl groups is 1. The standard InChI is InChI=1S/C25H28FN3O3/c1-25(2,3)24-28-22(16-4-6-18(26)7-5-16)23(17-8-11-27-12-9-17)29(24)13-10-20-14-19(30)15-21(31)32-20/h4-9,11-12,19-20,30H,10,13-15H2,1-3H3/t19-,20-/m1/s1. The van der Waals surface area contributed by atoms with Crippen LogP contribution in [-0.4, -0.2) is 37.8 Å². The van der Waals surface area contributed by atoms with Gasteiger partial charge in [-0.15, -0.1) is 0 Å². The molecule has 2 atom stereocenters. The van der Waals surface area contributed by atoms with E-state index in [2.05, 4.69) is 30.3 Å². The zero-order valence-electron chi connectivity index (χ0n) is 18.6. The number of benzene rings is 1. The molecule has 1 saturated heterocycles. The van der Waals surface area contributed by atoms with Crippen LogP contribution in [0.2, 0.25) is 0 Å². The summed E-state index contributed by atoms with van der Waals surface area (Å²) in [7, 11) is 0. The zero-order valence-corrected chi connectivity index (χ0v) is 18.6. The van der Waals surface area contributed by atoms with E-state index in [0.29, 0.717) is 19.4 Å². The fourth-order valence-corrected chi connectivity index (χ4v) is 4.17. The van der Waals surface area contributed by atoms with Gasteiger partial charge in [0.25, 0.3) is 0 Å². The second-order valence-corrected chi connectivity index (χ2v) is 9.27. The van der Waals surface area contributed by atoms with Gasteiger partial charge in [-0.1, -0.05) is 20.8 Å².